The molecule has 1 heterocycles. The van der Waals surface area contributed by atoms with E-state index < -0.39 is 0 Å². The van der Waals surface area contributed by atoms with Crippen molar-refractivity contribution in [2.75, 3.05) is 0 Å². The monoisotopic (exact) mass is 700 g/mol. The third-order valence-electron chi connectivity index (χ3n) is 9.67. The maximum Gasteiger partial charge on any atom is 0.160 e. The second-order valence-electron chi connectivity index (χ2n) is 13.4. The molecule has 266 valence electrons. The SMILES string of the molecule is C=C\C=C/C=C(\C=C(/C=C/C=C/C)c1ccc2c(c1)-c1ccccc1C2(C)C)c1cc(-c2ccc(-c3ccccc3)cc2)nc(-c2ccccc2)n1.CC. The fraction of sp³-hybridized carbons (Fsp3) is 0.115. The topological polar surface area (TPSA) is 25.8 Å². The van der Waals surface area contributed by atoms with Crippen LogP contribution in [0, 0.1) is 0 Å². The van der Waals surface area contributed by atoms with Crippen molar-refractivity contribution >= 4 is 11.1 Å². The van der Waals surface area contributed by atoms with Gasteiger partial charge < -0.3 is 0 Å². The molecule has 7 rings (SSSR count). The van der Waals surface area contributed by atoms with E-state index in [-0.39, 0.29) is 5.41 Å². The van der Waals surface area contributed by atoms with E-state index in [4.69, 9.17) is 9.97 Å². The minimum Gasteiger partial charge on any atom is -0.228 e. The Labute approximate surface area is 322 Å². The first-order valence-electron chi connectivity index (χ1n) is 18.8. The maximum atomic E-state index is 5.20. The molecule has 1 aliphatic carbocycles. The summed E-state index contributed by atoms with van der Waals surface area (Å²) in [5.41, 5.74) is 14.5. The number of hydrogen-bond donors (Lipinski definition) is 0. The van der Waals surface area contributed by atoms with Crippen LogP contribution in [0.4, 0.5) is 0 Å². The van der Waals surface area contributed by atoms with Crippen LogP contribution >= 0.6 is 0 Å². The van der Waals surface area contributed by atoms with Gasteiger partial charge in [-0.25, -0.2) is 9.97 Å². The molecule has 5 aromatic carbocycles. The van der Waals surface area contributed by atoms with Crippen molar-refractivity contribution in [2.24, 2.45) is 0 Å². The molecule has 1 aliphatic rings. The van der Waals surface area contributed by atoms with Crippen molar-refractivity contribution in [1.82, 2.24) is 9.97 Å². The first-order valence-corrected chi connectivity index (χ1v) is 18.8. The average Bonchev–Trinajstić information content (AvgIpc) is 3.46. The summed E-state index contributed by atoms with van der Waals surface area (Å²) in [4.78, 5) is 10.3. The molecule has 0 bridgehead atoms. The number of rotatable bonds is 10. The Hall–Kier alpha value is -6.38. The molecule has 2 heteroatoms. The van der Waals surface area contributed by atoms with Gasteiger partial charge in [-0.2, -0.15) is 0 Å². The standard InChI is InChI=1S/C50H42N2.C2H6/c1-5-7-11-23-40(41-31-32-46-44(34-41)43-25-17-18-26-45(43)50(46,3)4)33-42(24-12-8-6-2)48-35-47(51-49(52-48)39-21-15-10-16-22-39)38-29-27-37(28-30-38)36-19-13-9-14-20-36;1-2/h5-35H,2H2,1,3-4H3;1-2H3/b7-5+,12-8-,23-11+,40-33+,42-24+;. The lowest BCUT2D eigenvalue weighted by molar-refractivity contribution is 0.660. The van der Waals surface area contributed by atoms with Gasteiger partial charge >= 0.3 is 0 Å². The van der Waals surface area contributed by atoms with Crippen molar-refractivity contribution in [1.29, 1.82) is 0 Å². The van der Waals surface area contributed by atoms with Crippen molar-refractivity contribution in [2.45, 2.75) is 40.0 Å². The molecule has 0 amide bonds. The second-order valence-corrected chi connectivity index (χ2v) is 13.4. The van der Waals surface area contributed by atoms with Gasteiger partial charge in [-0.3, -0.25) is 0 Å². The molecule has 6 aromatic rings. The number of aromatic nitrogens is 2. The molecule has 0 spiro atoms. The lowest BCUT2D eigenvalue weighted by Gasteiger charge is -2.21. The third-order valence-corrected chi connectivity index (χ3v) is 9.67. The van der Waals surface area contributed by atoms with E-state index in [1.54, 1.807) is 6.08 Å². The third kappa shape index (κ3) is 8.14. The zero-order valence-corrected chi connectivity index (χ0v) is 32.0. The predicted octanol–water partition coefficient (Wildman–Crippen LogP) is 14.2. The van der Waals surface area contributed by atoms with Crippen molar-refractivity contribution in [3.63, 3.8) is 0 Å². The number of nitrogens with zero attached hydrogens (tertiary/aromatic N) is 2. The first-order chi connectivity index (χ1) is 26.5. The lowest BCUT2D eigenvalue weighted by atomic mass is 9.82. The quantitative estimate of drug-likeness (QED) is 0.133. The molecular weight excluding hydrogens is 653 g/mol. The number of hydrogen-bond acceptors (Lipinski definition) is 2. The second kappa shape index (κ2) is 17.4. The Morgan fingerprint density at radius 3 is 1.91 bits per heavy atom. The van der Waals surface area contributed by atoms with Crippen LogP contribution in [0.1, 0.15) is 57.0 Å². The fourth-order valence-electron chi connectivity index (χ4n) is 6.93. The highest BCUT2D eigenvalue weighted by molar-refractivity contribution is 5.91. The molecule has 0 aliphatic heterocycles. The van der Waals surface area contributed by atoms with Crippen LogP contribution < -0.4 is 0 Å². The first kappa shape index (κ1) is 37.4. The van der Waals surface area contributed by atoms with Gasteiger partial charge in [0, 0.05) is 22.1 Å². The summed E-state index contributed by atoms with van der Waals surface area (Å²) < 4.78 is 0. The molecule has 2 nitrogen and oxygen atoms in total. The molecule has 0 N–H and O–H groups in total. The van der Waals surface area contributed by atoms with Crippen LogP contribution in [0.3, 0.4) is 0 Å². The zero-order chi connectivity index (χ0) is 37.9. The molecule has 0 atom stereocenters. The van der Waals surface area contributed by atoms with Gasteiger partial charge in [0.25, 0.3) is 0 Å². The summed E-state index contributed by atoms with van der Waals surface area (Å²) in [6.45, 7) is 14.6. The molecular formula is C52H48N2. The van der Waals surface area contributed by atoms with E-state index in [0.29, 0.717) is 5.82 Å². The molecule has 0 fully saturated rings. The highest BCUT2D eigenvalue weighted by Crippen LogP contribution is 2.49. The van der Waals surface area contributed by atoms with Crippen LogP contribution in [0.15, 0.2) is 195 Å². The Morgan fingerprint density at radius 2 is 1.20 bits per heavy atom. The molecule has 1 aromatic heterocycles. The Kier molecular flexibility index (Phi) is 12.1. The average molecular weight is 701 g/mol. The Balaban J connectivity index is 0.00000245. The minimum absolute atomic E-state index is 0.0554. The van der Waals surface area contributed by atoms with Crippen LogP contribution in [0.5, 0.6) is 0 Å². The van der Waals surface area contributed by atoms with Gasteiger partial charge in [0.15, 0.2) is 5.82 Å². The van der Waals surface area contributed by atoms with Gasteiger partial charge in [-0.05, 0) is 69.6 Å². The van der Waals surface area contributed by atoms with Crippen LogP contribution in [0.2, 0.25) is 0 Å². The number of benzene rings is 5. The summed E-state index contributed by atoms with van der Waals surface area (Å²) in [6, 6.07) is 47.1. The molecule has 0 saturated carbocycles. The smallest absolute Gasteiger partial charge is 0.160 e. The van der Waals surface area contributed by atoms with E-state index in [1.165, 1.54) is 27.8 Å². The molecule has 0 saturated heterocycles. The minimum atomic E-state index is -0.0554. The van der Waals surface area contributed by atoms with Crippen LogP contribution in [-0.4, -0.2) is 9.97 Å². The van der Waals surface area contributed by atoms with Gasteiger partial charge in [0.05, 0.1) is 11.4 Å². The summed E-state index contributed by atoms with van der Waals surface area (Å²) in [6.07, 6.45) is 18.5. The van der Waals surface area contributed by atoms with Crippen molar-refractivity contribution < 1.29 is 0 Å². The van der Waals surface area contributed by atoms with E-state index in [1.807, 2.05) is 63.3 Å². The van der Waals surface area contributed by atoms with Gasteiger partial charge in [0.1, 0.15) is 0 Å². The van der Waals surface area contributed by atoms with Gasteiger partial charge in [0.2, 0.25) is 0 Å². The Bertz CT molecular complexity index is 2370. The maximum absolute atomic E-state index is 5.20. The predicted molar refractivity (Wildman–Crippen MR) is 233 cm³/mol. The molecule has 0 radical (unpaired) electrons. The van der Waals surface area contributed by atoms with Crippen molar-refractivity contribution in [3.8, 4) is 44.9 Å². The summed E-state index contributed by atoms with van der Waals surface area (Å²) in [7, 11) is 0. The lowest BCUT2D eigenvalue weighted by Crippen LogP contribution is -2.14. The number of fused-ring (bicyclic) bond motifs is 3. The van der Waals surface area contributed by atoms with Gasteiger partial charge in [-0.15, -0.1) is 0 Å². The zero-order valence-electron chi connectivity index (χ0n) is 32.0. The van der Waals surface area contributed by atoms with E-state index in [0.717, 1.165) is 44.8 Å². The highest BCUT2D eigenvalue weighted by Gasteiger charge is 2.35. The van der Waals surface area contributed by atoms with Crippen LogP contribution in [-0.2, 0) is 5.41 Å². The summed E-state index contributed by atoms with van der Waals surface area (Å²) in [5.74, 6) is 0.676. The number of allylic oxidation sites excluding steroid dienone is 11. The van der Waals surface area contributed by atoms with E-state index in [2.05, 4.69) is 160 Å². The van der Waals surface area contributed by atoms with E-state index >= 15 is 0 Å². The van der Waals surface area contributed by atoms with Gasteiger partial charge in [-0.1, -0.05) is 204 Å². The van der Waals surface area contributed by atoms with E-state index in [9.17, 15) is 0 Å². The largest absolute Gasteiger partial charge is 0.228 e. The normalized spacial score (nSPS) is 13.5. The van der Waals surface area contributed by atoms with Crippen LogP contribution in [0.25, 0.3) is 56.0 Å². The summed E-state index contributed by atoms with van der Waals surface area (Å²) >= 11 is 0. The summed E-state index contributed by atoms with van der Waals surface area (Å²) in [5, 5.41) is 0. The Morgan fingerprint density at radius 1 is 0.574 bits per heavy atom. The fourth-order valence-corrected chi connectivity index (χ4v) is 6.93. The highest BCUT2D eigenvalue weighted by atomic mass is 14.9. The molecule has 0 unspecified atom stereocenters. The van der Waals surface area contributed by atoms with Crippen molar-refractivity contribution in [3.05, 3.63) is 217 Å². The molecule has 54 heavy (non-hydrogen) atoms.